The van der Waals surface area contributed by atoms with Crippen LogP contribution in [0.15, 0.2) is 24.3 Å². The molecule has 0 aliphatic carbocycles. The van der Waals surface area contributed by atoms with Crippen LogP contribution in [0, 0.1) is 17.7 Å². The highest BCUT2D eigenvalue weighted by molar-refractivity contribution is 6.01. The zero-order chi connectivity index (χ0) is 21.9. The van der Waals surface area contributed by atoms with Crippen molar-refractivity contribution in [3.63, 3.8) is 0 Å². The number of hydrogen-bond donors (Lipinski definition) is 3. The number of carboxylic acids is 1. The van der Waals surface area contributed by atoms with Crippen LogP contribution in [0.25, 0.3) is 10.9 Å². The summed E-state index contributed by atoms with van der Waals surface area (Å²) >= 11 is 0. The van der Waals surface area contributed by atoms with Gasteiger partial charge < -0.3 is 20.3 Å². The summed E-state index contributed by atoms with van der Waals surface area (Å²) in [5.74, 6) is -3.08. The number of hydrogen-bond acceptors (Lipinski definition) is 3. The minimum absolute atomic E-state index is 0.215. The second-order valence-electron chi connectivity index (χ2n) is 7.70. The van der Waals surface area contributed by atoms with Crippen LogP contribution in [0.3, 0.4) is 0 Å². The molecule has 1 aromatic carbocycles. The Morgan fingerprint density at radius 2 is 1.76 bits per heavy atom. The summed E-state index contributed by atoms with van der Waals surface area (Å²) in [5, 5.41) is 15.2. The molecule has 8 heteroatoms. The molecular formula is C21H28FN3O4. The number of halogens is 1. The predicted molar refractivity (Wildman–Crippen MR) is 108 cm³/mol. The topological polar surface area (TPSA) is 100 Å². The molecule has 0 aliphatic heterocycles. The molecule has 3 unspecified atom stereocenters. The maximum atomic E-state index is 13.5. The molecule has 2 rings (SSSR count). The Morgan fingerprint density at radius 3 is 2.31 bits per heavy atom. The van der Waals surface area contributed by atoms with Gasteiger partial charge in [0.15, 0.2) is 0 Å². The van der Waals surface area contributed by atoms with E-state index in [0.717, 1.165) is 0 Å². The summed E-state index contributed by atoms with van der Waals surface area (Å²) < 4.78 is 15.1. The number of aromatic nitrogens is 1. The summed E-state index contributed by atoms with van der Waals surface area (Å²) in [5.41, 5.74) is 0.970. The van der Waals surface area contributed by atoms with Crippen LogP contribution in [0.1, 0.15) is 44.6 Å². The van der Waals surface area contributed by atoms with E-state index in [1.807, 2.05) is 13.8 Å². The molecule has 29 heavy (non-hydrogen) atoms. The molecule has 0 fully saturated rings. The van der Waals surface area contributed by atoms with Crippen molar-refractivity contribution < 1.29 is 23.9 Å². The number of amides is 2. The van der Waals surface area contributed by atoms with Gasteiger partial charge in [0.2, 0.25) is 5.91 Å². The van der Waals surface area contributed by atoms with Gasteiger partial charge in [-0.05, 0) is 36.1 Å². The van der Waals surface area contributed by atoms with E-state index in [0.29, 0.717) is 17.3 Å². The third kappa shape index (κ3) is 4.93. The summed E-state index contributed by atoms with van der Waals surface area (Å²) in [7, 11) is 1.69. The zero-order valence-electron chi connectivity index (χ0n) is 17.3. The average molecular weight is 405 g/mol. The first-order valence-corrected chi connectivity index (χ1v) is 9.65. The molecule has 2 amide bonds. The lowest BCUT2D eigenvalue weighted by molar-refractivity contribution is -0.143. The van der Waals surface area contributed by atoms with E-state index in [4.69, 9.17) is 0 Å². The van der Waals surface area contributed by atoms with Crippen LogP contribution in [-0.2, 0) is 16.6 Å². The van der Waals surface area contributed by atoms with Crippen molar-refractivity contribution in [3.05, 3.63) is 35.8 Å². The first-order chi connectivity index (χ1) is 13.6. The van der Waals surface area contributed by atoms with Gasteiger partial charge in [0.05, 0.1) is 0 Å². The van der Waals surface area contributed by atoms with Crippen LogP contribution in [0.2, 0.25) is 0 Å². The van der Waals surface area contributed by atoms with Crippen LogP contribution >= 0.6 is 0 Å². The maximum absolute atomic E-state index is 13.5. The van der Waals surface area contributed by atoms with Gasteiger partial charge in [0.1, 0.15) is 23.6 Å². The van der Waals surface area contributed by atoms with Crippen molar-refractivity contribution in [2.75, 3.05) is 0 Å². The molecule has 0 bridgehead atoms. The zero-order valence-corrected chi connectivity index (χ0v) is 17.3. The lowest BCUT2D eigenvalue weighted by Crippen LogP contribution is -2.55. The normalized spacial score (nSPS) is 14.4. The fourth-order valence-corrected chi connectivity index (χ4v) is 3.21. The van der Waals surface area contributed by atoms with E-state index in [2.05, 4.69) is 10.6 Å². The molecule has 1 aromatic heterocycles. The molecule has 0 spiro atoms. The minimum atomic E-state index is -1.13. The Kier molecular flexibility index (Phi) is 7.00. The third-order valence-electron chi connectivity index (χ3n) is 5.25. The number of carboxylic acid groups (broad SMARTS) is 1. The molecule has 0 radical (unpaired) electrons. The molecule has 3 atom stereocenters. The lowest BCUT2D eigenvalue weighted by atomic mass is 9.96. The Balaban J connectivity index is 2.28. The van der Waals surface area contributed by atoms with Crippen LogP contribution in [0.5, 0.6) is 0 Å². The first-order valence-electron chi connectivity index (χ1n) is 9.65. The molecule has 3 N–H and O–H groups in total. The van der Waals surface area contributed by atoms with Gasteiger partial charge in [-0.1, -0.05) is 34.1 Å². The summed E-state index contributed by atoms with van der Waals surface area (Å²) in [6.07, 6.45) is 0.609. The van der Waals surface area contributed by atoms with Gasteiger partial charge >= 0.3 is 5.97 Å². The SMILES string of the molecule is CCC(C)C(NC(=O)c1cc2cc(F)ccc2n1C)C(=O)NC(C(=O)O)C(C)C. The number of fused-ring (bicyclic) bond motifs is 1. The molecular weight excluding hydrogens is 377 g/mol. The van der Waals surface area contributed by atoms with Crippen molar-refractivity contribution in [2.24, 2.45) is 18.9 Å². The van der Waals surface area contributed by atoms with E-state index < -0.39 is 35.7 Å². The second-order valence-corrected chi connectivity index (χ2v) is 7.70. The van der Waals surface area contributed by atoms with Crippen molar-refractivity contribution in [1.82, 2.24) is 15.2 Å². The smallest absolute Gasteiger partial charge is 0.326 e. The number of aliphatic carboxylic acids is 1. The van der Waals surface area contributed by atoms with E-state index in [1.165, 1.54) is 12.1 Å². The highest BCUT2D eigenvalue weighted by atomic mass is 19.1. The molecule has 158 valence electrons. The number of rotatable bonds is 8. The van der Waals surface area contributed by atoms with Crippen molar-refractivity contribution >= 4 is 28.7 Å². The largest absolute Gasteiger partial charge is 0.480 e. The van der Waals surface area contributed by atoms with Crippen molar-refractivity contribution in [2.45, 2.75) is 46.2 Å². The number of benzene rings is 1. The monoisotopic (exact) mass is 405 g/mol. The fourth-order valence-electron chi connectivity index (χ4n) is 3.21. The maximum Gasteiger partial charge on any atom is 0.326 e. The molecule has 0 saturated carbocycles. The molecule has 0 aliphatic rings. The second kappa shape index (κ2) is 9.07. The van der Waals surface area contributed by atoms with E-state index in [-0.39, 0.29) is 17.5 Å². The minimum Gasteiger partial charge on any atom is -0.480 e. The van der Waals surface area contributed by atoms with Crippen LogP contribution < -0.4 is 10.6 Å². The van der Waals surface area contributed by atoms with Gasteiger partial charge in [-0.2, -0.15) is 0 Å². The van der Waals surface area contributed by atoms with E-state index in [9.17, 15) is 23.9 Å². The summed E-state index contributed by atoms with van der Waals surface area (Å²) in [6, 6.07) is 3.85. The molecule has 1 heterocycles. The Morgan fingerprint density at radius 1 is 1.10 bits per heavy atom. The van der Waals surface area contributed by atoms with Crippen molar-refractivity contribution in [3.8, 4) is 0 Å². The fraction of sp³-hybridized carbons (Fsp3) is 0.476. The van der Waals surface area contributed by atoms with Crippen LogP contribution in [0.4, 0.5) is 4.39 Å². The number of carbonyl (C=O) groups excluding carboxylic acids is 2. The first kappa shape index (κ1) is 22.4. The number of nitrogens with one attached hydrogen (secondary N) is 2. The van der Waals surface area contributed by atoms with E-state index >= 15 is 0 Å². The van der Waals surface area contributed by atoms with Crippen molar-refractivity contribution in [1.29, 1.82) is 0 Å². The van der Waals surface area contributed by atoms with Gasteiger partial charge in [-0.15, -0.1) is 0 Å². The van der Waals surface area contributed by atoms with Crippen LogP contribution in [-0.4, -0.2) is 39.5 Å². The quantitative estimate of drug-likeness (QED) is 0.629. The summed E-state index contributed by atoms with van der Waals surface area (Å²) in [4.78, 5) is 37.1. The third-order valence-corrected chi connectivity index (χ3v) is 5.25. The standard InChI is InChI=1S/C21H28FN3O4/c1-6-12(4)18(20(27)23-17(11(2)3)21(28)29)24-19(26)16-10-13-9-14(22)7-8-15(13)25(16)5/h7-12,17-18H,6H2,1-5H3,(H,23,27)(H,24,26)(H,28,29). The Labute approximate surface area is 169 Å². The van der Waals surface area contributed by atoms with Gasteiger partial charge in [-0.25, -0.2) is 9.18 Å². The Bertz CT molecular complexity index is 922. The number of nitrogens with zero attached hydrogens (tertiary/aromatic N) is 1. The average Bonchev–Trinajstić information content (AvgIpc) is 2.98. The Hall–Kier alpha value is -2.90. The van der Waals surface area contributed by atoms with Gasteiger partial charge in [0.25, 0.3) is 5.91 Å². The molecule has 0 saturated heterocycles. The predicted octanol–water partition coefficient (Wildman–Crippen LogP) is 2.69. The highest BCUT2D eigenvalue weighted by Gasteiger charge is 2.31. The molecule has 7 nitrogen and oxygen atoms in total. The van der Waals surface area contributed by atoms with Gasteiger partial charge in [-0.3, -0.25) is 9.59 Å². The number of aryl methyl sites for hydroxylation is 1. The number of carbonyl (C=O) groups is 3. The van der Waals surface area contributed by atoms with Gasteiger partial charge in [0, 0.05) is 18.0 Å². The summed E-state index contributed by atoms with van der Waals surface area (Å²) in [6.45, 7) is 7.09. The van der Waals surface area contributed by atoms with E-state index in [1.54, 1.807) is 37.6 Å². The lowest BCUT2D eigenvalue weighted by Gasteiger charge is -2.26. The highest BCUT2D eigenvalue weighted by Crippen LogP contribution is 2.20. The molecule has 2 aromatic rings.